The first-order chi connectivity index (χ1) is 8.29. The number of hydrogen-bond donors (Lipinski definition) is 0. The Morgan fingerprint density at radius 1 is 1.29 bits per heavy atom. The minimum Gasteiger partial charge on any atom is -0.373 e. The minimum atomic E-state index is 0.0914. The van der Waals surface area contributed by atoms with Gasteiger partial charge in [0.05, 0.1) is 6.61 Å². The predicted octanol–water partition coefficient (Wildman–Crippen LogP) is 3.25. The summed E-state index contributed by atoms with van der Waals surface area (Å²) in [5, 5.41) is 0. The van der Waals surface area contributed by atoms with Crippen molar-refractivity contribution in [2.75, 3.05) is 13.2 Å². The highest BCUT2D eigenvalue weighted by Gasteiger charge is 2.21. The molecule has 17 heavy (non-hydrogen) atoms. The number of ketones is 1. The number of aryl methyl sites for hydroxylation is 1. The topological polar surface area (TPSA) is 26.3 Å². The third-order valence-corrected chi connectivity index (χ3v) is 3.10. The van der Waals surface area contributed by atoms with E-state index in [9.17, 15) is 4.79 Å². The molecule has 1 aromatic carbocycles. The molecule has 1 fully saturated rings. The number of carbonyl (C=O) groups excluding carboxylic acids is 1. The number of ether oxygens (including phenoxy) is 1. The molecule has 0 aliphatic heterocycles. The highest BCUT2D eigenvalue weighted by molar-refractivity contribution is 5.97. The fourth-order valence-corrected chi connectivity index (χ4v) is 1.83. The lowest BCUT2D eigenvalue weighted by Crippen LogP contribution is -2.10. The van der Waals surface area contributed by atoms with Crippen LogP contribution in [0.5, 0.6) is 0 Å². The van der Waals surface area contributed by atoms with Crippen molar-refractivity contribution in [2.24, 2.45) is 5.92 Å². The highest BCUT2D eigenvalue weighted by Crippen LogP contribution is 2.28. The number of Topliss-reactive ketones (excluding diaryl/α,β-unsaturated/α-hetero) is 1. The second-order valence-corrected chi connectivity index (χ2v) is 4.83. The molecule has 0 radical (unpaired) electrons. The summed E-state index contributed by atoms with van der Waals surface area (Å²) < 4.78 is 5.40. The third-order valence-electron chi connectivity index (χ3n) is 3.10. The molecule has 0 bridgehead atoms. The predicted molar refractivity (Wildman–Crippen MR) is 68.3 cm³/mol. The molecule has 1 aromatic rings. The Balaban J connectivity index is 1.80. The van der Waals surface area contributed by atoms with Gasteiger partial charge in [-0.3, -0.25) is 4.79 Å². The summed E-state index contributed by atoms with van der Waals surface area (Å²) in [5.41, 5.74) is 2.06. The van der Waals surface area contributed by atoms with Crippen LogP contribution < -0.4 is 0 Å². The normalized spacial score (nSPS) is 14.9. The van der Waals surface area contributed by atoms with Gasteiger partial charge in [-0.25, -0.2) is 0 Å². The van der Waals surface area contributed by atoms with Gasteiger partial charge in [0.2, 0.25) is 0 Å². The zero-order valence-corrected chi connectivity index (χ0v) is 10.4. The summed E-state index contributed by atoms with van der Waals surface area (Å²) in [6.07, 6.45) is 4.74. The van der Waals surface area contributed by atoms with Crippen LogP contribution in [-0.4, -0.2) is 19.0 Å². The van der Waals surface area contributed by atoms with Crippen molar-refractivity contribution in [2.45, 2.75) is 32.6 Å². The van der Waals surface area contributed by atoms with E-state index < -0.39 is 0 Å². The molecular formula is C15H20O2. The summed E-state index contributed by atoms with van der Waals surface area (Å²) >= 11 is 0. The molecule has 0 atom stereocenters. The van der Waals surface area contributed by atoms with Gasteiger partial charge in [0, 0.05) is 5.56 Å². The quantitative estimate of drug-likeness (QED) is 0.674. The van der Waals surface area contributed by atoms with Crippen LogP contribution in [0.25, 0.3) is 0 Å². The summed E-state index contributed by atoms with van der Waals surface area (Å²) in [4.78, 5) is 11.8. The van der Waals surface area contributed by atoms with E-state index in [1.165, 1.54) is 18.4 Å². The van der Waals surface area contributed by atoms with Gasteiger partial charge in [-0.1, -0.05) is 37.6 Å². The monoisotopic (exact) mass is 232 g/mol. The zero-order valence-electron chi connectivity index (χ0n) is 10.4. The largest absolute Gasteiger partial charge is 0.373 e. The van der Waals surface area contributed by atoms with E-state index in [2.05, 4.69) is 6.92 Å². The van der Waals surface area contributed by atoms with E-state index in [1.54, 1.807) is 0 Å². The van der Waals surface area contributed by atoms with Crippen LogP contribution in [0.4, 0.5) is 0 Å². The van der Waals surface area contributed by atoms with Crippen LogP contribution in [0.3, 0.4) is 0 Å². The molecule has 0 saturated heterocycles. The van der Waals surface area contributed by atoms with E-state index in [1.807, 2.05) is 24.3 Å². The van der Waals surface area contributed by atoms with Crippen molar-refractivity contribution >= 4 is 5.78 Å². The number of carbonyl (C=O) groups is 1. The Bertz CT molecular complexity index is 363. The molecule has 1 saturated carbocycles. The van der Waals surface area contributed by atoms with Crippen molar-refractivity contribution in [1.82, 2.24) is 0 Å². The Morgan fingerprint density at radius 3 is 2.59 bits per heavy atom. The molecule has 0 spiro atoms. The standard InChI is InChI=1S/C15H20O2/c1-2-3-12-6-8-14(9-7-12)15(16)11-17-10-13-4-5-13/h6-9,13H,2-5,10-11H2,1H3. The molecule has 0 heterocycles. The first-order valence-electron chi connectivity index (χ1n) is 6.49. The molecule has 2 nitrogen and oxygen atoms in total. The maximum atomic E-state index is 11.8. The van der Waals surface area contributed by atoms with Gasteiger partial charge in [0.25, 0.3) is 0 Å². The molecule has 1 aliphatic carbocycles. The summed E-state index contributed by atoms with van der Waals surface area (Å²) in [5.74, 6) is 0.809. The van der Waals surface area contributed by atoms with Crippen LogP contribution in [-0.2, 0) is 11.2 Å². The van der Waals surface area contributed by atoms with Crippen molar-refractivity contribution in [3.63, 3.8) is 0 Å². The average Bonchev–Trinajstić information content (AvgIpc) is 3.14. The van der Waals surface area contributed by atoms with Gasteiger partial charge >= 0.3 is 0 Å². The van der Waals surface area contributed by atoms with E-state index in [-0.39, 0.29) is 12.4 Å². The molecule has 92 valence electrons. The summed E-state index contributed by atoms with van der Waals surface area (Å²) in [6.45, 7) is 3.13. The van der Waals surface area contributed by atoms with Crippen molar-refractivity contribution in [3.05, 3.63) is 35.4 Å². The fourth-order valence-electron chi connectivity index (χ4n) is 1.83. The van der Waals surface area contributed by atoms with Crippen LogP contribution in [0, 0.1) is 5.92 Å². The van der Waals surface area contributed by atoms with Crippen LogP contribution in [0.1, 0.15) is 42.1 Å². The zero-order chi connectivity index (χ0) is 12.1. The van der Waals surface area contributed by atoms with E-state index in [0.29, 0.717) is 0 Å². The average molecular weight is 232 g/mol. The van der Waals surface area contributed by atoms with Gasteiger partial charge in [0.1, 0.15) is 6.61 Å². The molecule has 0 amide bonds. The second kappa shape index (κ2) is 5.97. The molecule has 0 unspecified atom stereocenters. The summed E-state index contributed by atoms with van der Waals surface area (Å²) in [6, 6.07) is 7.90. The van der Waals surface area contributed by atoms with Gasteiger partial charge in [0.15, 0.2) is 5.78 Å². The summed E-state index contributed by atoms with van der Waals surface area (Å²) in [7, 11) is 0. The smallest absolute Gasteiger partial charge is 0.188 e. The Hall–Kier alpha value is -1.15. The second-order valence-electron chi connectivity index (χ2n) is 4.83. The van der Waals surface area contributed by atoms with E-state index in [0.717, 1.165) is 30.9 Å². The fraction of sp³-hybridized carbons (Fsp3) is 0.533. The molecule has 1 aliphatic rings. The van der Waals surface area contributed by atoms with Gasteiger partial charge in [-0.15, -0.1) is 0 Å². The first kappa shape index (κ1) is 12.3. The lowest BCUT2D eigenvalue weighted by molar-refractivity contribution is 0.0740. The third kappa shape index (κ3) is 3.97. The maximum absolute atomic E-state index is 11.8. The lowest BCUT2D eigenvalue weighted by Gasteiger charge is -2.04. The van der Waals surface area contributed by atoms with Crippen molar-refractivity contribution in [3.8, 4) is 0 Å². The first-order valence-corrected chi connectivity index (χ1v) is 6.49. The van der Waals surface area contributed by atoms with E-state index in [4.69, 9.17) is 4.74 Å². The van der Waals surface area contributed by atoms with Crippen LogP contribution in [0.15, 0.2) is 24.3 Å². The Morgan fingerprint density at radius 2 is 2.00 bits per heavy atom. The Labute approximate surface area is 103 Å². The van der Waals surface area contributed by atoms with Gasteiger partial charge < -0.3 is 4.74 Å². The molecule has 0 N–H and O–H groups in total. The molecule has 2 rings (SSSR count). The molecule has 0 aromatic heterocycles. The van der Waals surface area contributed by atoms with E-state index >= 15 is 0 Å². The number of rotatable bonds is 7. The number of hydrogen-bond acceptors (Lipinski definition) is 2. The van der Waals surface area contributed by atoms with Crippen molar-refractivity contribution in [1.29, 1.82) is 0 Å². The van der Waals surface area contributed by atoms with Crippen LogP contribution in [0.2, 0.25) is 0 Å². The maximum Gasteiger partial charge on any atom is 0.188 e. The van der Waals surface area contributed by atoms with Gasteiger partial charge in [-0.05, 0) is 30.7 Å². The Kier molecular flexibility index (Phi) is 4.32. The highest BCUT2D eigenvalue weighted by atomic mass is 16.5. The lowest BCUT2D eigenvalue weighted by atomic mass is 10.1. The molecular weight excluding hydrogens is 212 g/mol. The number of benzene rings is 1. The van der Waals surface area contributed by atoms with Crippen molar-refractivity contribution < 1.29 is 9.53 Å². The SMILES string of the molecule is CCCc1ccc(C(=O)COCC2CC2)cc1. The van der Waals surface area contributed by atoms with Crippen LogP contribution >= 0.6 is 0 Å². The molecule has 2 heteroatoms. The minimum absolute atomic E-state index is 0.0914. The van der Waals surface area contributed by atoms with Gasteiger partial charge in [-0.2, -0.15) is 0 Å².